The molecule has 4 rings (SSSR count). The molecular formula is C22H33N5O. The Labute approximate surface area is 168 Å². The molecule has 2 saturated heterocycles. The minimum Gasteiger partial charge on any atom is -0.497 e. The third-order valence-electron chi connectivity index (χ3n) is 6.25. The number of hydrogen-bond acceptors (Lipinski definition) is 5. The molecule has 0 N–H and O–H groups in total. The summed E-state index contributed by atoms with van der Waals surface area (Å²) in [5.41, 5.74) is 1.35. The number of likely N-dealkylation sites (tertiary alicyclic amines) is 2. The second-order valence-electron chi connectivity index (χ2n) is 8.10. The molecule has 2 aliphatic rings. The Morgan fingerprint density at radius 3 is 2.25 bits per heavy atom. The maximum absolute atomic E-state index is 5.26. The predicted octanol–water partition coefficient (Wildman–Crippen LogP) is 3.28. The molecule has 152 valence electrons. The lowest BCUT2D eigenvalue weighted by Gasteiger charge is -2.31. The number of rotatable bonds is 7. The number of methoxy groups -OCH3 is 1. The van der Waals surface area contributed by atoms with Crippen LogP contribution in [0.3, 0.4) is 0 Å². The van der Waals surface area contributed by atoms with E-state index in [0.717, 1.165) is 57.1 Å². The monoisotopic (exact) mass is 383 g/mol. The fourth-order valence-corrected chi connectivity index (χ4v) is 4.59. The molecule has 6 heteroatoms. The lowest BCUT2D eigenvalue weighted by molar-refractivity contribution is 0.199. The highest BCUT2D eigenvalue weighted by atomic mass is 16.5. The van der Waals surface area contributed by atoms with E-state index >= 15 is 0 Å². The van der Waals surface area contributed by atoms with Gasteiger partial charge in [-0.15, -0.1) is 10.2 Å². The van der Waals surface area contributed by atoms with E-state index in [9.17, 15) is 0 Å². The molecule has 0 spiro atoms. The van der Waals surface area contributed by atoms with E-state index in [0.29, 0.717) is 5.92 Å². The van der Waals surface area contributed by atoms with Gasteiger partial charge < -0.3 is 9.30 Å². The summed E-state index contributed by atoms with van der Waals surface area (Å²) >= 11 is 0. The third kappa shape index (κ3) is 4.39. The second kappa shape index (κ2) is 9.05. The van der Waals surface area contributed by atoms with Crippen LogP contribution in [0.5, 0.6) is 5.75 Å². The van der Waals surface area contributed by atoms with E-state index in [-0.39, 0.29) is 0 Å². The van der Waals surface area contributed by atoms with E-state index < -0.39 is 0 Å². The Kier molecular flexibility index (Phi) is 6.27. The largest absolute Gasteiger partial charge is 0.497 e. The molecule has 0 atom stereocenters. The van der Waals surface area contributed by atoms with Crippen LogP contribution in [0.1, 0.15) is 55.7 Å². The topological polar surface area (TPSA) is 46.4 Å². The quantitative estimate of drug-likeness (QED) is 0.734. The minimum absolute atomic E-state index is 0.534. The number of hydrogen-bond donors (Lipinski definition) is 0. The van der Waals surface area contributed by atoms with E-state index in [2.05, 4.69) is 43.6 Å². The van der Waals surface area contributed by atoms with Crippen molar-refractivity contribution in [2.24, 2.45) is 0 Å². The molecule has 0 amide bonds. The smallest absolute Gasteiger partial charge is 0.147 e. The molecule has 0 unspecified atom stereocenters. The van der Waals surface area contributed by atoms with Gasteiger partial charge in [-0.2, -0.15) is 0 Å². The van der Waals surface area contributed by atoms with Crippen LogP contribution in [-0.4, -0.2) is 57.9 Å². The Bertz CT molecular complexity index is 743. The number of piperidine rings is 1. The van der Waals surface area contributed by atoms with Gasteiger partial charge in [-0.25, -0.2) is 0 Å². The zero-order valence-corrected chi connectivity index (χ0v) is 17.3. The lowest BCUT2D eigenvalue weighted by Crippen LogP contribution is -2.33. The van der Waals surface area contributed by atoms with Crippen LogP contribution in [0, 0.1) is 0 Å². The molecule has 6 nitrogen and oxygen atoms in total. The maximum Gasteiger partial charge on any atom is 0.147 e. The summed E-state index contributed by atoms with van der Waals surface area (Å²) in [6, 6.07) is 8.44. The lowest BCUT2D eigenvalue weighted by atomic mass is 9.95. The van der Waals surface area contributed by atoms with Gasteiger partial charge in [-0.05, 0) is 76.5 Å². The highest BCUT2D eigenvalue weighted by Gasteiger charge is 2.26. The predicted molar refractivity (Wildman–Crippen MR) is 110 cm³/mol. The van der Waals surface area contributed by atoms with Gasteiger partial charge in [0.15, 0.2) is 0 Å². The summed E-state index contributed by atoms with van der Waals surface area (Å²) in [6.45, 7) is 9.81. The maximum atomic E-state index is 5.26. The highest BCUT2D eigenvalue weighted by Crippen LogP contribution is 2.28. The Balaban J connectivity index is 1.34. The summed E-state index contributed by atoms with van der Waals surface area (Å²) < 4.78 is 7.63. The van der Waals surface area contributed by atoms with Crippen LogP contribution in [0.15, 0.2) is 24.3 Å². The molecule has 2 aliphatic heterocycles. The molecule has 2 fully saturated rings. The fraction of sp³-hybridized carbons (Fsp3) is 0.636. The average molecular weight is 384 g/mol. The van der Waals surface area contributed by atoms with Gasteiger partial charge in [-0.3, -0.25) is 9.80 Å². The normalized spacial score (nSPS) is 19.4. The van der Waals surface area contributed by atoms with Gasteiger partial charge in [0.2, 0.25) is 0 Å². The minimum atomic E-state index is 0.534. The van der Waals surface area contributed by atoms with E-state index in [1.165, 1.54) is 37.3 Å². The van der Waals surface area contributed by atoms with Gasteiger partial charge in [-0.1, -0.05) is 12.1 Å². The Hall–Kier alpha value is -1.92. The summed E-state index contributed by atoms with van der Waals surface area (Å²) in [5, 5.41) is 9.21. The van der Waals surface area contributed by atoms with Crippen LogP contribution < -0.4 is 4.74 Å². The van der Waals surface area contributed by atoms with Gasteiger partial charge >= 0.3 is 0 Å². The van der Waals surface area contributed by atoms with Crippen LogP contribution in [0.4, 0.5) is 0 Å². The fourth-order valence-electron chi connectivity index (χ4n) is 4.59. The first-order chi connectivity index (χ1) is 13.8. The van der Waals surface area contributed by atoms with Crippen LogP contribution >= 0.6 is 0 Å². The zero-order valence-electron chi connectivity index (χ0n) is 17.3. The van der Waals surface area contributed by atoms with Crippen molar-refractivity contribution in [3.8, 4) is 5.75 Å². The molecule has 2 aromatic rings. The van der Waals surface area contributed by atoms with Gasteiger partial charge in [0.25, 0.3) is 0 Å². The molecule has 0 saturated carbocycles. The summed E-state index contributed by atoms with van der Waals surface area (Å²) in [5.74, 6) is 3.82. The van der Waals surface area contributed by atoms with Gasteiger partial charge in [0.05, 0.1) is 13.7 Å². The first kappa shape index (κ1) is 19.4. The molecule has 3 heterocycles. The standard InChI is InChI=1S/C22H33N5O/c1-3-27-21(17-25-12-4-5-13-25)23-24-22(27)19-10-14-26(15-11-19)16-18-6-8-20(28-2)9-7-18/h6-9,19H,3-5,10-17H2,1-2H3. The number of benzene rings is 1. The van der Waals surface area contributed by atoms with Crippen molar-refractivity contribution in [2.45, 2.75) is 58.2 Å². The third-order valence-corrected chi connectivity index (χ3v) is 6.25. The summed E-state index contributed by atoms with van der Waals surface area (Å²) in [4.78, 5) is 5.06. The molecule has 1 aromatic heterocycles. The van der Waals surface area contributed by atoms with Crippen molar-refractivity contribution in [2.75, 3.05) is 33.3 Å². The molecule has 0 bridgehead atoms. The Morgan fingerprint density at radius 1 is 0.929 bits per heavy atom. The molecule has 0 aliphatic carbocycles. The Morgan fingerprint density at radius 2 is 1.61 bits per heavy atom. The first-order valence-electron chi connectivity index (χ1n) is 10.8. The van der Waals surface area contributed by atoms with Crippen LogP contribution in [-0.2, 0) is 19.6 Å². The first-order valence-corrected chi connectivity index (χ1v) is 10.8. The number of nitrogens with zero attached hydrogens (tertiary/aromatic N) is 5. The number of ether oxygens (including phenoxy) is 1. The summed E-state index contributed by atoms with van der Waals surface area (Å²) in [7, 11) is 1.71. The van der Waals surface area contributed by atoms with Crippen LogP contribution in [0.2, 0.25) is 0 Å². The van der Waals surface area contributed by atoms with Crippen molar-refractivity contribution in [1.29, 1.82) is 0 Å². The molecule has 1 aromatic carbocycles. The van der Waals surface area contributed by atoms with E-state index in [1.807, 2.05) is 12.1 Å². The SMILES string of the molecule is CCn1c(CN2CCCC2)nnc1C1CCN(Cc2ccc(OC)cc2)CC1. The van der Waals surface area contributed by atoms with Crippen molar-refractivity contribution in [3.05, 3.63) is 41.5 Å². The van der Waals surface area contributed by atoms with Gasteiger partial charge in [0, 0.05) is 19.0 Å². The van der Waals surface area contributed by atoms with Crippen molar-refractivity contribution >= 4 is 0 Å². The molecular weight excluding hydrogens is 350 g/mol. The zero-order chi connectivity index (χ0) is 19.3. The van der Waals surface area contributed by atoms with E-state index in [1.54, 1.807) is 7.11 Å². The highest BCUT2D eigenvalue weighted by molar-refractivity contribution is 5.27. The van der Waals surface area contributed by atoms with Gasteiger partial charge in [0.1, 0.15) is 17.4 Å². The molecule has 28 heavy (non-hydrogen) atoms. The van der Waals surface area contributed by atoms with Crippen LogP contribution in [0.25, 0.3) is 0 Å². The van der Waals surface area contributed by atoms with Crippen molar-refractivity contribution in [3.63, 3.8) is 0 Å². The second-order valence-corrected chi connectivity index (χ2v) is 8.10. The average Bonchev–Trinajstić information content (AvgIpc) is 3.39. The van der Waals surface area contributed by atoms with Crippen molar-refractivity contribution in [1.82, 2.24) is 24.6 Å². The number of aromatic nitrogens is 3. The molecule has 0 radical (unpaired) electrons. The van der Waals surface area contributed by atoms with Crippen molar-refractivity contribution < 1.29 is 4.74 Å². The van der Waals surface area contributed by atoms with E-state index in [4.69, 9.17) is 4.74 Å². The summed E-state index contributed by atoms with van der Waals surface area (Å²) in [6.07, 6.45) is 4.97.